The first-order chi connectivity index (χ1) is 6.20. The lowest BCUT2D eigenvalue weighted by molar-refractivity contribution is 1.34. The van der Waals surface area contributed by atoms with Gasteiger partial charge in [-0.2, -0.15) is 25.3 Å². The maximum Gasteiger partial charge on any atom is 0.0736 e. The largest absolute Gasteiger partial charge is 0.160 e. The molecule has 0 spiro atoms. The topological polar surface area (TPSA) is 0 Å². The van der Waals surface area contributed by atoms with E-state index in [1.165, 1.54) is 11.1 Å². The van der Waals surface area contributed by atoms with Gasteiger partial charge in [0.05, 0.1) is 9.16 Å². The number of hydrogen-bond acceptors (Lipinski definition) is 3. The SMILES string of the molecule is SC1SC(S)C(=CCBr)C1=CCBr. The van der Waals surface area contributed by atoms with Crippen LogP contribution in [0.3, 0.4) is 0 Å². The Kier molecular flexibility index (Phi) is 5.95. The number of allylic oxidation sites excluding steroid dienone is 2. The van der Waals surface area contributed by atoms with Crippen LogP contribution >= 0.6 is 68.9 Å². The van der Waals surface area contributed by atoms with Crippen LogP contribution in [0.2, 0.25) is 0 Å². The highest BCUT2D eigenvalue weighted by Gasteiger charge is 2.29. The van der Waals surface area contributed by atoms with E-state index in [4.69, 9.17) is 0 Å². The standard InChI is InChI=1S/C8H10Br2S3/c9-3-1-5-6(2-4-10)8(12)13-7(5)11/h1-2,7-8,11-12H,3-4H2. The van der Waals surface area contributed by atoms with Crippen LogP contribution in [-0.4, -0.2) is 19.8 Å². The maximum absolute atomic E-state index is 4.50. The minimum atomic E-state index is 0.269. The van der Waals surface area contributed by atoms with E-state index >= 15 is 0 Å². The molecule has 0 aliphatic carbocycles. The van der Waals surface area contributed by atoms with Gasteiger partial charge in [0.1, 0.15) is 0 Å². The molecule has 1 aliphatic heterocycles. The average molecular weight is 362 g/mol. The van der Waals surface area contributed by atoms with Gasteiger partial charge in [-0.25, -0.2) is 0 Å². The van der Waals surface area contributed by atoms with Crippen LogP contribution in [0.25, 0.3) is 0 Å². The van der Waals surface area contributed by atoms with Gasteiger partial charge >= 0.3 is 0 Å². The first-order valence-electron chi connectivity index (χ1n) is 3.74. The summed E-state index contributed by atoms with van der Waals surface area (Å²) in [5.74, 6) is 0. The summed E-state index contributed by atoms with van der Waals surface area (Å²) in [6, 6.07) is 0. The summed E-state index contributed by atoms with van der Waals surface area (Å²) in [7, 11) is 0. The Bertz CT molecular complexity index is 214. The molecule has 0 N–H and O–H groups in total. The number of alkyl halides is 2. The molecule has 0 saturated carbocycles. The Labute approximate surface area is 111 Å². The molecule has 0 aromatic rings. The minimum Gasteiger partial charge on any atom is -0.160 e. The zero-order valence-corrected chi connectivity index (χ0v) is 12.6. The van der Waals surface area contributed by atoms with E-state index < -0.39 is 0 Å². The van der Waals surface area contributed by atoms with Gasteiger partial charge in [-0.05, 0) is 11.1 Å². The Morgan fingerprint density at radius 3 is 1.77 bits per heavy atom. The number of thiol groups is 2. The Morgan fingerprint density at radius 2 is 1.46 bits per heavy atom. The second-order valence-corrected chi connectivity index (χ2v) is 6.71. The quantitative estimate of drug-likeness (QED) is 0.555. The lowest BCUT2D eigenvalue weighted by Crippen LogP contribution is -1.94. The summed E-state index contributed by atoms with van der Waals surface area (Å²) in [5, 5.41) is 1.75. The second kappa shape index (κ2) is 6.16. The fourth-order valence-corrected chi connectivity index (χ4v) is 4.38. The lowest BCUT2D eigenvalue weighted by atomic mass is 10.1. The highest BCUT2D eigenvalue weighted by molar-refractivity contribution is 9.09. The molecule has 0 radical (unpaired) electrons. The van der Waals surface area contributed by atoms with Crippen LogP contribution in [0.15, 0.2) is 23.3 Å². The van der Waals surface area contributed by atoms with Gasteiger partial charge in [0.25, 0.3) is 0 Å². The van der Waals surface area contributed by atoms with Crippen molar-refractivity contribution in [3.05, 3.63) is 23.3 Å². The smallest absolute Gasteiger partial charge is 0.0736 e. The molecule has 1 fully saturated rings. The Morgan fingerprint density at radius 1 is 1.08 bits per heavy atom. The first-order valence-corrected chi connectivity index (χ1v) is 7.96. The van der Waals surface area contributed by atoms with E-state index in [0.29, 0.717) is 0 Å². The molecular weight excluding hydrogens is 352 g/mol. The molecule has 13 heavy (non-hydrogen) atoms. The number of rotatable bonds is 2. The molecule has 5 heteroatoms. The number of halogens is 2. The highest BCUT2D eigenvalue weighted by atomic mass is 79.9. The summed E-state index contributed by atoms with van der Waals surface area (Å²) < 4.78 is 0.538. The monoisotopic (exact) mass is 360 g/mol. The highest BCUT2D eigenvalue weighted by Crippen LogP contribution is 2.45. The zero-order valence-electron chi connectivity index (χ0n) is 6.78. The van der Waals surface area contributed by atoms with Gasteiger partial charge in [-0.15, -0.1) is 11.8 Å². The first kappa shape index (κ1) is 12.6. The van der Waals surface area contributed by atoms with Crippen LogP contribution in [0.1, 0.15) is 0 Å². The van der Waals surface area contributed by atoms with E-state index in [-0.39, 0.29) is 9.16 Å². The van der Waals surface area contributed by atoms with Gasteiger partial charge < -0.3 is 0 Å². The summed E-state index contributed by atoms with van der Waals surface area (Å²) in [6.07, 6.45) is 4.32. The van der Waals surface area contributed by atoms with E-state index in [1.807, 2.05) is 0 Å². The van der Waals surface area contributed by atoms with E-state index in [0.717, 1.165) is 10.7 Å². The van der Waals surface area contributed by atoms with Crippen LogP contribution in [-0.2, 0) is 0 Å². The van der Waals surface area contributed by atoms with Crippen molar-refractivity contribution in [1.29, 1.82) is 0 Å². The lowest BCUT2D eigenvalue weighted by Gasteiger charge is -2.04. The van der Waals surface area contributed by atoms with Crippen LogP contribution < -0.4 is 0 Å². The molecule has 0 aromatic heterocycles. The minimum absolute atomic E-state index is 0.269. The summed E-state index contributed by atoms with van der Waals surface area (Å²) in [4.78, 5) is 0. The molecule has 0 bridgehead atoms. The molecule has 74 valence electrons. The molecule has 1 saturated heterocycles. The third kappa shape index (κ3) is 3.23. The van der Waals surface area contributed by atoms with Crippen molar-refractivity contribution >= 4 is 68.9 Å². The van der Waals surface area contributed by atoms with Crippen molar-refractivity contribution in [3.8, 4) is 0 Å². The van der Waals surface area contributed by atoms with Crippen molar-refractivity contribution in [2.75, 3.05) is 10.7 Å². The van der Waals surface area contributed by atoms with E-state index in [2.05, 4.69) is 69.3 Å². The second-order valence-electron chi connectivity index (χ2n) is 2.47. The molecular formula is C8H10Br2S3. The number of thioether (sulfide) groups is 1. The van der Waals surface area contributed by atoms with Crippen LogP contribution in [0.4, 0.5) is 0 Å². The van der Waals surface area contributed by atoms with Gasteiger partial charge in [-0.1, -0.05) is 44.0 Å². The van der Waals surface area contributed by atoms with Crippen molar-refractivity contribution < 1.29 is 0 Å². The molecule has 1 aliphatic rings. The van der Waals surface area contributed by atoms with Gasteiger partial charge in [0.2, 0.25) is 0 Å². The van der Waals surface area contributed by atoms with Gasteiger partial charge in [0.15, 0.2) is 0 Å². The van der Waals surface area contributed by atoms with Crippen molar-refractivity contribution in [1.82, 2.24) is 0 Å². The predicted octanol–water partition coefficient (Wildman–Crippen LogP) is 3.89. The van der Waals surface area contributed by atoms with Crippen molar-refractivity contribution in [2.45, 2.75) is 9.16 Å². The van der Waals surface area contributed by atoms with Crippen LogP contribution in [0.5, 0.6) is 0 Å². The molecule has 1 rings (SSSR count). The fraction of sp³-hybridized carbons (Fsp3) is 0.500. The molecule has 0 nitrogen and oxygen atoms in total. The zero-order chi connectivity index (χ0) is 9.84. The maximum atomic E-state index is 4.50. The molecule has 0 aromatic carbocycles. The van der Waals surface area contributed by atoms with E-state index in [9.17, 15) is 0 Å². The Balaban J connectivity index is 2.90. The fourth-order valence-electron chi connectivity index (χ4n) is 1.16. The molecule has 0 amide bonds. The molecule has 2 atom stereocenters. The van der Waals surface area contributed by atoms with Crippen molar-refractivity contribution in [3.63, 3.8) is 0 Å². The summed E-state index contributed by atoms with van der Waals surface area (Å²) in [5.41, 5.74) is 2.59. The molecule has 2 unspecified atom stereocenters. The third-order valence-electron chi connectivity index (χ3n) is 1.72. The summed E-state index contributed by atoms with van der Waals surface area (Å²) in [6.45, 7) is 0. The average Bonchev–Trinajstić information content (AvgIpc) is 2.33. The van der Waals surface area contributed by atoms with E-state index in [1.54, 1.807) is 11.8 Å². The number of hydrogen-bond donors (Lipinski definition) is 2. The Hall–Kier alpha value is 1.49. The summed E-state index contributed by atoms with van der Waals surface area (Å²) >= 11 is 17.6. The van der Waals surface area contributed by atoms with Crippen molar-refractivity contribution in [2.24, 2.45) is 0 Å². The normalized spacial score (nSPS) is 34.8. The van der Waals surface area contributed by atoms with Crippen LogP contribution in [0, 0.1) is 0 Å². The molecule has 1 heterocycles. The van der Waals surface area contributed by atoms with Gasteiger partial charge in [-0.3, -0.25) is 0 Å². The predicted molar refractivity (Wildman–Crippen MR) is 76.9 cm³/mol. The van der Waals surface area contributed by atoms with Gasteiger partial charge in [0, 0.05) is 10.7 Å². The third-order valence-corrected chi connectivity index (χ3v) is 4.67.